The van der Waals surface area contributed by atoms with Gasteiger partial charge in [0, 0.05) is 13.1 Å². The lowest BCUT2D eigenvalue weighted by Crippen LogP contribution is -2.35. The summed E-state index contributed by atoms with van der Waals surface area (Å²) < 4.78 is 5.37. The third-order valence-corrected chi connectivity index (χ3v) is 3.02. The second-order valence-corrected chi connectivity index (χ2v) is 5.71. The Bertz CT molecular complexity index is 374. The molecule has 0 saturated carbocycles. The summed E-state index contributed by atoms with van der Waals surface area (Å²) in [4.78, 5) is 13.6. The highest BCUT2D eigenvalue weighted by Gasteiger charge is 2.26. The lowest BCUT2D eigenvalue weighted by Gasteiger charge is -2.24. The van der Waals surface area contributed by atoms with Crippen LogP contribution in [0.25, 0.3) is 0 Å². The minimum atomic E-state index is -0.410. The molecule has 0 saturated heterocycles. The van der Waals surface area contributed by atoms with E-state index in [0.29, 0.717) is 13.1 Å². The molecule has 1 amide bonds. The second kappa shape index (κ2) is 4.55. The monoisotopic (exact) mass is 235 g/mol. The first kappa shape index (κ1) is 12.2. The largest absolute Gasteiger partial charge is 0.444 e. The van der Waals surface area contributed by atoms with E-state index in [-0.39, 0.29) is 6.09 Å². The number of nitrogens with zero attached hydrogens (tertiary/aromatic N) is 1. The third kappa shape index (κ3) is 3.11. The lowest BCUT2D eigenvalue weighted by molar-refractivity contribution is 0.0302. The number of allylic oxidation sites excluding steroid dienone is 1. The zero-order chi connectivity index (χ0) is 12.5. The average Bonchev–Trinajstić information content (AvgIpc) is 2.86. The minimum Gasteiger partial charge on any atom is -0.444 e. The molecule has 0 unspecified atom stereocenters. The number of hydrogen-bond donors (Lipinski definition) is 0. The number of hydrogen-bond acceptors (Lipinski definition) is 2. The standard InChI is InChI=1S/C14H21NO2/c1-14(2,3)17-13(16)15-9-8-12(10-15)11-6-4-5-7-11/h6,8H,4-5,7,9-10H2,1-3H3. The van der Waals surface area contributed by atoms with Gasteiger partial charge in [-0.2, -0.15) is 0 Å². The van der Waals surface area contributed by atoms with Crippen molar-refractivity contribution < 1.29 is 9.53 Å². The summed E-state index contributed by atoms with van der Waals surface area (Å²) in [6.45, 7) is 7.08. The highest BCUT2D eigenvalue weighted by Crippen LogP contribution is 2.28. The molecule has 0 N–H and O–H groups in total. The number of rotatable bonds is 1. The molecule has 1 aliphatic carbocycles. The van der Waals surface area contributed by atoms with Crippen LogP contribution in [0.1, 0.15) is 40.0 Å². The van der Waals surface area contributed by atoms with Crippen molar-refractivity contribution in [1.82, 2.24) is 4.90 Å². The average molecular weight is 235 g/mol. The zero-order valence-corrected chi connectivity index (χ0v) is 11.0. The van der Waals surface area contributed by atoms with Gasteiger partial charge in [0.15, 0.2) is 0 Å². The van der Waals surface area contributed by atoms with E-state index in [4.69, 9.17) is 4.74 Å². The molecule has 0 aromatic rings. The van der Waals surface area contributed by atoms with Crippen molar-refractivity contribution in [2.24, 2.45) is 0 Å². The van der Waals surface area contributed by atoms with Gasteiger partial charge >= 0.3 is 6.09 Å². The Hall–Kier alpha value is -1.25. The van der Waals surface area contributed by atoms with Gasteiger partial charge in [-0.25, -0.2) is 4.79 Å². The summed E-state index contributed by atoms with van der Waals surface area (Å²) in [6, 6.07) is 0. The third-order valence-electron chi connectivity index (χ3n) is 3.02. The van der Waals surface area contributed by atoms with E-state index in [1.54, 1.807) is 4.90 Å². The van der Waals surface area contributed by atoms with Crippen molar-refractivity contribution in [2.75, 3.05) is 13.1 Å². The molecule has 3 nitrogen and oxygen atoms in total. The van der Waals surface area contributed by atoms with Crippen LogP contribution in [0, 0.1) is 0 Å². The molecule has 3 heteroatoms. The van der Waals surface area contributed by atoms with E-state index >= 15 is 0 Å². The normalized spacial score (nSPS) is 20.3. The topological polar surface area (TPSA) is 29.5 Å². The van der Waals surface area contributed by atoms with Gasteiger partial charge in [-0.05, 0) is 51.2 Å². The van der Waals surface area contributed by atoms with Gasteiger partial charge in [-0.15, -0.1) is 0 Å². The minimum absolute atomic E-state index is 0.206. The predicted molar refractivity (Wildman–Crippen MR) is 67.8 cm³/mol. The summed E-state index contributed by atoms with van der Waals surface area (Å²) in [5, 5.41) is 0. The first-order valence-electron chi connectivity index (χ1n) is 6.32. The van der Waals surface area contributed by atoms with Gasteiger partial charge in [-0.3, -0.25) is 0 Å². The van der Waals surface area contributed by atoms with Gasteiger partial charge < -0.3 is 9.64 Å². The number of ether oxygens (including phenoxy) is 1. The molecule has 0 radical (unpaired) electrons. The molecule has 0 atom stereocenters. The van der Waals surface area contributed by atoms with E-state index in [0.717, 1.165) is 6.42 Å². The van der Waals surface area contributed by atoms with E-state index in [2.05, 4.69) is 12.2 Å². The van der Waals surface area contributed by atoms with Crippen molar-refractivity contribution in [3.8, 4) is 0 Å². The van der Waals surface area contributed by atoms with Gasteiger partial charge in [0.05, 0.1) is 0 Å². The molecule has 0 spiro atoms. The summed E-state index contributed by atoms with van der Waals surface area (Å²) in [5.41, 5.74) is 2.33. The molecular weight excluding hydrogens is 214 g/mol. The SMILES string of the molecule is CC(C)(C)OC(=O)N1CC=C(C2=CCCC2)C1. The molecule has 2 rings (SSSR count). The van der Waals surface area contributed by atoms with Crippen LogP contribution >= 0.6 is 0 Å². The molecule has 0 fully saturated rings. The first-order chi connectivity index (χ1) is 7.96. The van der Waals surface area contributed by atoms with Crippen LogP contribution in [0.15, 0.2) is 23.3 Å². The fourth-order valence-corrected chi connectivity index (χ4v) is 2.22. The molecule has 94 valence electrons. The van der Waals surface area contributed by atoms with E-state index in [9.17, 15) is 4.79 Å². The van der Waals surface area contributed by atoms with E-state index < -0.39 is 5.60 Å². The Morgan fingerprint density at radius 2 is 2.06 bits per heavy atom. The van der Waals surface area contributed by atoms with Crippen LogP contribution in [0.3, 0.4) is 0 Å². The number of amides is 1. The summed E-state index contributed by atoms with van der Waals surface area (Å²) >= 11 is 0. The van der Waals surface area contributed by atoms with Crippen molar-refractivity contribution in [2.45, 2.75) is 45.6 Å². The van der Waals surface area contributed by atoms with Crippen molar-refractivity contribution in [1.29, 1.82) is 0 Å². The Kier molecular flexibility index (Phi) is 3.27. The van der Waals surface area contributed by atoms with Crippen LogP contribution in [0.5, 0.6) is 0 Å². The zero-order valence-electron chi connectivity index (χ0n) is 11.0. The fraction of sp³-hybridized carbons (Fsp3) is 0.643. The van der Waals surface area contributed by atoms with Crippen LogP contribution in [0.2, 0.25) is 0 Å². The van der Waals surface area contributed by atoms with Crippen LogP contribution in [-0.2, 0) is 4.74 Å². The quantitative estimate of drug-likeness (QED) is 0.698. The molecule has 17 heavy (non-hydrogen) atoms. The molecular formula is C14H21NO2. The summed E-state index contributed by atoms with van der Waals surface area (Å²) in [7, 11) is 0. The van der Waals surface area contributed by atoms with Crippen LogP contribution < -0.4 is 0 Å². The van der Waals surface area contributed by atoms with Gasteiger partial charge in [-0.1, -0.05) is 12.2 Å². The highest BCUT2D eigenvalue weighted by atomic mass is 16.6. The maximum Gasteiger partial charge on any atom is 0.410 e. The molecule has 1 heterocycles. The Morgan fingerprint density at radius 3 is 2.65 bits per heavy atom. The van der Waals surface area contributed by atoms with E-state index in [1.807, 2.05) is 20.8 Å². The summed E-state index contributed by atoms with van der Waals surface area (Å²) in [5.74, 6) is 0. The van der Waals surface area contributed by atoms with Crippen molar-refractivity contribution >= 4 is 6.09 Å². The van der Waals surface area contributed by atoms with Gasteiger partial charge in [0.2, 0.25) is 0 Å². The van der Waals surface area contributed by atoms with E-state index in [1.165, 1.54) is 24.0 Å². The number of carbonyl (C=O) groups is 1. The maximum atomic E-state index is 11.9. The van der Waals surface area contributed by atoms with Crippen molar-refractivity contribution in [3.63, 3.8) is 0 Å². The maximum absolute atomic E-state index is 11.9. The number of carbonyl (C=O) groups excluding carboxylic acids is 1. The molecule has 1 aliphatic heterocycles. The highest BCUT2D eigenvalue weighted by molar-refractivity contribution is 5.70. The molecule has 0 bridgehead atoms. The summed E-state index contributed by atoms with van der Waals surface area (Å²) in [6.07, 6.45) is 7.83. The molecule has 0 aromatic carbocycles. The molecule has 2 aliphatic rings. The smallest absolute Gasteiger partial charge is 0.410 e. The second-order valence-electron chi connectivity index (χ2n) is 5.71. The van der Waals surface area contributed by atoms with Gasteiger partial charge in [0.25, 0.3) is 0 Å². The Labute approximate surface area is 103 Å². The van der Waals surface area contributed by atoms with Crippen LogP contribution in [0.4, 0.5) is 4.79 Å². The van der Waals surface area contributed by atoms with Crippen LogP contribution in [-0.4, -0.2) is 29.7 Å². The Morgan fingerprint density at radius 1 is 1.29 bits per heavy atom. The Balaban J connectivity index is 1.90. The fourth-order valence-electron chi connectivity index (χ4n) is 2.22. The first-order valence-corrected chi connectivity index (χ1v) is 6.32. The van der Waals surface area contributed by atoms with Crippen molar-refractivity contribution in [3.05, 3.63) is 23.3 Å². The van der Waals surface area contributed by atoms with Gasteiger partial charge in [0.1, 0.15) is 5.60 Å². The lowest BCUT2D eigenvalue weighted by atomic mass is 10.1. The predicted octanol–water partition coefficient (Wildman–Crippen LogP) is 3.27. The molecule has 0 aromatic heterocycles.